The molecule has 3 fully saturated rings. The second-order valence-electron chi connectivity index (χ2n) is 13.7. The van der Waals surface area contributed by atoms with Gasteiger partial charge in [0, 0.05) is 25.2 Å². The van der Waals surface area contributed by atoms with Crippen LogP contribution in [0.2, 0.25) is 0 Å². The van der Waals surface area contributed by atoms with E-state index in [0.29, 0.717) is 24.4 Å². The van der Waals surface area contributed by atoms with Gasteiger partial charge in [-0.05, 0) is 54.6 Å². The maximum atomic E-state index is 14.0. The minimum Gasteiger partial charge on any atom is -0.484 e. The Morgan fingerprint density at radius 1 is 1.22 bits per heavy atom. The van der Waals surface area contributed by atoms with Gasteiger partial charge >= 0.3 is 15.5 Å². The number of Topliss-reactive ketones (excluding diaryl/α,β-unsaturated/α-hetero) is 1. The number of likely N-dealkylation sites (tertiary alicyclic amines) is 1. The third-order valence-electron chi connectivity index (χ3n) is 9.17. The molecule has 3 heterocycles. The quantitative estimate of drug-likeness (QED) is 0.323. The van der Waals surface area contributed by atoms with Crippen molar-refractivity contribution in [1.82, 2.24) is 25.2 Å². The first-order chi connectivity index (χ1) is 20.7. The second kappa shape index (κ2) is 12.2. The fraction of sp³-hybridized carbons (Fsp3) is 0.690. The van der Waals surface area contributed by atoms with E-state index in [9.17, 15) is 40.8 Å². The number of alkyl halides is 3. The van der Waals surface area contributed by atoms with Crippen molar-refractivity contribution in [2.75, 3.05) is 19.7 Å². The van der Waals surface area contributed by atoms with Crippen LogP contribution in [0, 0.1) is 35.5 Å². The SMILES string of the molecule is Cc1ncccc1OCC(=O)[C@H](C[C@@H]1CCNC1=O)NC(=O)[C@@H]1[C@@H]2[C@H](CN1C(=O)[C@@H](NS(=O)(=O)C(F)(F)F)C(C)(C)C)C2(C)C. The lowest BCUT2D eigenvalue weighted by Crippen LogP contribution is -2.61. The van der Waals surface area contributed by atoms with E-state index in [-0.39, 0.29) is 30.7 Å². The minimum atomic E-state index is -5.90. The molecule has 12 nitrogen and oxygen atoms in total. The van der Waals surface area contributed by atoms with Crippen molar-refractivity contribution in [3.8, 4) is 5.75 Å². The highest BCUT2D eigenvalue weighted by Crippen LogP contribution is 2.65. The summed E-state index contributed by atoms with van der Waals surface area (Å²) in [5, 5.41) is 5.41. The summed E-state index contributed by atoms with van der Waals surface area (Å²) in [7, 11) is -5.90. The Kier molecular flexibility index (Phi) is 9.35. The molecule has 4 rings (SSSR count). The number of aryl methyl sites for hydroxylation is 1. The zero-order chi connectivity index (χ0) is 33.7. The number of hydrogen-bond acceptors (Lipinski definition) is 8. The summed E-state index contributed by atoms with van der Waals surface area (Å²) in [5.41, 5.74) is -6.81. The number of pyridine rings is 1. The van der Waals surface area contributed by atoms with Gasteiger partial charge in [-0.3, -0.25) is 24.2 Å². The van der Waals surface area contributed by atoms with Crippen molar-refractivity contribution in [2.24, 2.45) is 28.6 Å². The summed E-state index contributed by atoms with van der Waals surface area (Å²) in [6.45, 7) is 9.71. The Morgan fingerprint density at radius 3 is 2.44 bits per heavy atom. The number of rotatable bonds is 11. The van der Waals surface area contributed by atoms with Gasteiger partial charge in [0.05, 0.1) is 11.7 Å². The standard InChI is InChI=1S/C29H40F3N5O7S/c1-15-20(8-7-10-33-15)44-14-19(38)18(12-16-9-11-34-24(16)39)35-25(40)22-21-17(28(21,5)6)13-37(22)26(41)23(27(2,3)4)36-45(42,43)29(30,31)32/h7-8,10,16-18,21-23,36H,9,11-14H2,1-6H3,(H,34,39)(H,35,40)/t16-,17-,18-,21-,22-,23+/m0/s1. The first-order valence-electron chi connectivity index (χ1n) is 14.7. The summed E-state index contributed by atoms with van der Waals surface area (Å²) in [6, 6.07) is -0.941. The fourth-order valence-electron chi connectivity index (χ4n) is 6.35. The lowest BCUT2D eigenvalue weighted by molar-refractivity contribution is -0.144. The lowest BCUT2D eigenvalue weighted by atomic mass is 9.86. The molecule has 0 unspecified atom stereocenters. The van der Waals surface area contributed by atoms with Crippen molar-refractivity contribution in [3.63, 3.8) is 0 Å². The van der Waals surface area contributed by atoms with E-state index in [1.165, 1.54) is 25.5 Å². The molecule has 1 aliphatic carbocycles. The number of aromatic nitrogens is 1. The van der Waals surface area contributed by atoms with Gasteiger partial charge in [-0.25, -0.2) is 8.42 Å². The summed E-state index contributed by atoms with van der Waals surface area (Å²) < 4.78 is 71.1. The zero-order valence-corrected chi connectivity index (χ0v) is 26.8. The fourth-order valence-corrected chi connectivity index (χ4v) is 7.25. The normalized spacial score (nSPS) is 25.6. The maximum Gasteiger partial charge on any atom is 0.511 e. The minimum absolute atomic E-state index is 0.0158. The molecule has 3 amide bonds. The van der Waals surface area contributed by atoms with Crippen molar-refractivity contribution >= 4 is 33.5 Å². The molecule has 16 heteroatoms. The molecule has 1 aromatic heterocycles. The Hall–Kier alpha value is -3.27. The molecule has 3 N–H and O–H groups in total. The van der Waals surface area contributed by atoms with E-state index < -0.39 is 74.6 Å². The summed E-state index contributed by atoms with van der Waals surface area (Å²) >= 11 is 0. The Morgan fingerprint density at radius 2 is 1.89 bits per heavy atom. The van der Waals surface area contributed by atoms with Gasteiger partial charge in [-0.2, -0.15) is 17.9 Å². The van der Waals surface area contributed by atoms with Gasteiger partial charge in [0.2, 0.25) is 17.7 Å². The van der Waals surface area contributed by atoms with Crippen LogP contribution in [0.1, 0.15) is 53.2 Å². The number of ether oxygens (including phenoxy) is 1. The predicted molar refractivity (Wildman–Crippen MR) is 155 cm³/mol. The van der Waals surface area contributed by atoms with Gasteiger partial charge in [-0.1, -0.05) is 34.6 Å². The molecule has 1 saturated carbocycles. The second-order valence-corrected chi connectivity index (χ2v) is 15.4. The molecule has 2 saturated heterocycles. The van der Waals surface area contributed by atoms with Crippen LogP contribution in [0.4, 0.5) is 13.2 Å². The van der Waals surface area contributed by atoms with Gasteiger partial charge in [0.25, 0.3) is 0 Å². The molecule has 45 heavy (non-hydrogen) atoms. The number of carbonyl (C=O) groups is 4. The summed E-state index contributed by atoms with van der Waals surface area (Å²) in [6.07, 6.45) is 1.98. The number of hydrogen-bond donors (Lipinski definition) is 3. The number of nitrogens with zero attached hydrogens (tertiary/aromatic N) is 2. The number of ketones is 1. The lowest BCUT2D eigenvalue weighted by Gasteiger charge is -2.37. The number of amides is 3. The molecule has 3 aliphatic rings. The molecular weight excluding hydrogens is 619 g/mol. The Bertz CT molecular complexity index is 1460. The van der Waals surface area contributed by atoms with Crippen LogP contribution < -0.4 is 20.1 Å². The van der Waals surface area contributed by atoms with Crippen molar-refractivity contribution in [2.45, 2.75) is 78.0 Å². The molecule has 1 aromatic rings. The molecular formula is C29H40F3N5O7S. The smallest absolute Gasteiger partial charge is 0.484 e. The molecule has 0 aromatic carbocycles. The third kappa shape index (κ3) is 7.11. The van der Waals surface area contributed by atoms with E-state index in [4.69, 9.17) is 4.74 Å². The largest absolute Gasteiger partial charge is 0.511 e. The first kappa shape index (κ1) is 34.6. The monoisotopic (exact) mass is 659 g/mol. The predicted octanol–water partition coefficient (Wildman–Crippen LogP) is 1.69. The molecule has 250 valence electrons. The van der Waals surface area contributed by atoms with E-state index in [0.717, 1.165) is 4.90 Å². The number of piperidine rings is 1. The van der Waals surface area contributed by atoms with Crippen LogP contribution in [0.15, 0.2) is 18.3 Å². The van der Waals surface area contributed by atoms with Crippen molar-refractivity contribution in [3.05, 3.63) is 24.0 Å². The van der Waals surface area contributed by atoms with Crippen molar-refractivity contribution < 1.29 is 45.5 Å². The molecule has 2 aliphatic heterocycles. The van der Waals surface area contributed by atoms with E-state index in [1.54, 1.807) is 25.3 Å². The number of halogens is 3. The van der Waals surface area contributed by atoms with Crippen LogP contribution in [0.3, 0.4) is 0 Å². The highest BCUT2D eigenvalue weighted by Gasteiger charge is 2.70. The number of carbonyl (C=O) groups excluding carboxylic acids is 4. The highest BCUT2D eigenvalue weighted by molar-refractivity contribution is 7.90. The molecule has 0 spiro atoms. The van der Waals surface area contributed by atoms with Crippen LogP contribution >= 0.6 is 0 Å². The first-order valence-corrected chi connectivity index (χ1v) is 16.2. The van der Waals surface area contributed by atoms with Crippen LogP contribution in [0.25, 0.3) is 0 Å². The van der Waals surface area contributed by atoms with Gasteiger partial charge in [-0.15, -0.1) is 0 Å². The van der Waals surface area contributed by atoms with E-state index >= 15 is 0 Å². The van der Waals surface area contributed by atoms with E-state index in [1.807, 2.05) is 13.8 Å². The van der Waals surface area contributed by atoms with Crippen LogP contribution in [-0.4, -0.2) is 85.1 Å². The van der Waals surface area contributed by atoms with Gasteiger partial charge < -0.3 is 20.3 Å². The van der Waals surface area contributed by atoms with Crippen LogP contribution in [-0.2, 0) is 29.2 Å². The third-order valence-corrected chi connectivity index (χ3v) is 10.3. The number of fused-ring (bicyclic) bond motifs is 1. The molecule has 6 atom stereocenters. The topological polar surface area (TPSA) is 164 Å². The van der Waals surface area contributed by atoms with E-state index in [2.05, 4.69) is 15.6 Å². The zero-order valence-electron chi connectivity index (χ0n) is 26.0. The van der Waals surface area contributed by atoms with Gasteiger partial charge in [0.1, 0.15) is 24.4 Å². The Labute approximate surface area is 260 Å². The van der Waals surface area contributed by atoms with Crippen LogP contribution in [0.5, 0.6) is 5.75 Å². The Balaban J connectivity index is 1.59. The number of nitrogens with one attached hydrogen (secondary N) is 3. The number of sulfonamides is 1. The average Bonchev–Trinajstić information content (AvgIpc) is 3.26. The summed E-state index contributed by atoms with van der Waals surface area (Å²) in [4.78, 5) is 58.8. The van der Waals surface area contributed by atoms with Crippen molar-refractivity contribution in [1.29, 1.82) is 0 Å². The average molecular weight is 660 g/mol. The summed E-state index contributed by atoms with van der Waals surface area (Å²) in [5.74, 6) is -3.26. The highest BCUT2D eigenvalue weighted by atomic mass is 32.2. The van der Waals surface area contributed by atoms with Gasteiger partial charge in [0.15, 0.2) is 5.78 Å². The molecule has 0 bridgehead atoms. The molecule has 0 radical (unpaired) electrons. The maximum absolute atomic E-state index is 14.0.